The third kappa shape index (κ3) is 2.77. The van der Waals surface area contributed by atoms with Crippen LogP contribution in [0, 0.1) is 11.6 Å². The van der Waals surface area contributed by atoms with Gasteiger partial charge in [-0.05, 0) is 29.3 Å². The second-order valence-electron chi connectivity index (χ2n) is 4.10. The third-order valence-corrected chi connectivity index (χ3v) is 3.11. The minimum atomic E-state index is -4.54. The van der Waals surface area contributed by atoms with E-state index in [1.54, 1.807) is 0 Å². The van der Waals surface area contributed by atoms with Gasteiger partial charge in [0.1, 0.15) is 0 Å². The van der Waals surface area contributed by atoms with Crippen molar-refractivity contribution in [3.63, 3.8) is 0 Å². The van der Waals surface area contributed by atoms with Crippen LogP contribution in [0.2, 0.25) is 0 Å². The number of benzene rings is 2. The summed E-state index contributed by atoms with van der Waals surface area (Å²) in [4.78, 5) is 0. The molecule has 0 radical (unpaired) electrons. The summed E-state index contributed by atoms with van der Waals surface area (Å²) in [7, 11) is 0. The van der Waals surface area contributed by atoms with Crippen LogP contribution in [0.5, 0.6) is 0 Å². The Labute approximate surface area is 116 Å². The Morgan fingerprint density at radius 3 is 2.30 bits per heavy atom. The molecule has 0 aliphatic heterocycles. The van der Waals surface area contributed by atoms with E-state index in [0.717, 1.165) is 24.3 Å². The van der Waals surface area contributed by atoms with Gasteiger partial charge in [0.05, 0.1) is 5.56 Å². The lowest BCUT2D eigenvalue weighted by atomic mass is 9.99. The minimum Gasteiger partial charge on any atom is -0.204 e. The molecule has 0 N–H and O–H groups in total. The molecule has 2 aromatic rings. The molecule has 2 aromatic carbocycles. The first kappa shape index (κ1) is 14.8. The maximum atomic E-state index is 13.6. The highest BCUT2D eigenvalue weighted by molar-refractivity contribution is 6.17. The molecule has 0 nitrogen and oxygen atoms in total. The summed E-state index contributed by atoms with van der Waals surface area (Å²) >= 11 is 5.50. The van der Waals surface area contributed by atoms with Gasteiger partial charge in [0.2, 0.25) is 0 Å². The molecule has 0 aromatic heterocycles. The molecule has 6 heteroatoms. The quantitative estimate of drug-likeness (QED) is 0.515. The number of alkyl halides is 4. The van der Waals surface area contributed by atoms with Gasteiger partial charge in [0.25, 0.3) is 0 Å². The number of hydrogen-bond acceptors (Lipinski definition) is 0. The number of rotatable bonds is 2. The zero-order valence-corrected chi connectivity index (χ0v) is 10.7. The molecule has 0 unspecified atom stereocenters. The van der Waals surface area contributed by atoms with E-state index in [1.165, 1.54) is 12.1 Å². The van der Waals surface area contributed by atoms with E-state index >= 15 is 0 Å². The predicted molar refractivity (Wildman–Crippen MR) is 66.4 cm³/mol. The van der Waals surface area contributed by atoms with Crippen molar-refractivity contribution >= 4 is 11.6 Å². The normalized spacial score (nSPS) is 11.7. The summed E-state index contributed by atoms with van der Waals surface area (Å²) in [6.07, 6.45) is -4.54. The van der Waals surface area contributed by atoms with Gasteiger partial charge in [-0.2, -0.15) is 13.2 Å². The molecule has 0 bridgehead atoms. The van der Waals surface area contributed by atoms with Crippen LogP contribution in [0.4, 0.5) is 22.0 Å². The number of hydrogen-bond donors (Lipinski definition) is 0. The maximum Gasteiger partial charge on any atom is 0.416 e. The van der Waals surface area contributed by atoms with E-state index in [4.69, 9.17) is 11.6 Å². The monoisotopic (exact) mass is 306 g/mol. The summed E-state index contributed by atoms with van der Waals surface area (Å²) in [5.74, 6) is -2.54. The average molecular weight is 307 g/mol. The molecule has 0 fully saturated rings. The van der Waals surface area contributed by atoms with Crippen LogP contribution in [0.1, 0.15) is 11.1 Å². The highest BCUT2D eigenvalue weighted by atomic mass is 35.5. The first-order valence-electron chi connectivity index (χ1n) is 5.55. The lowest BCUT2D eigenvalue weighted by molar-refractivity contribution is -0.138. The Balaban J connectivity index is 2.58. The van der Waals surface area contributed by atoms with E-state index < -0.39 is 23.4 Å². The molecule has 0 saturated carbocycles. The standard InChI is InChI=1S/C14H8ClF5/c15-7-9-6-8(4-5-11(9)14(18,19)20)10-2-1-3-12(16)13(10)17/h1-6H,7H2. The molecule has 0 saturated heterocycles. The topological polar surface area (TPSA) is 0 Å². The van der Waals surface area contributed by atoms with Crippen molar-refractivity contribution in [2.24, 2.45) is 0 Å². The van der Waals surface area contributed by atoms with Crippen molar-refractivity contribution in [1.29, 1.82) is 0 Å². The Morgan fingerprint density at radius 2 is 1.70 bits per heavy atom. The van der Waals surface area contributed by atoms with Crippen LogP contribution in [-0.2, 0) is 12.1 Å². The van der Waals surface area contributed by atoms with Crippen molar-refractivity contribution < 1.29 is 22.0 Å². The maximum absolute atomic E-state index is 13.6. The van der Waals surface area contributed by atoms with Crippen LogP contribution in [0.15, 0.2) is 36.4 Å². The Kier molecular flexibility index (Phi) is 3.99. The van der Waals surface area contributed by atoms with Gasteiger partial charge in [0.15, 0.2) is 11.6 Å². The molecule has 0 spiro atoms. The van der Waals surface area contributed by atoms with Gasteiger partial charge in [-0.1, -0.05) is 18.2 Å². The summed E-state index contributed by atoms with van der Waals surface area (Å²) < 4.78 is 64.9. The lowest BCUT2D eigenvalue weighted by Crippen LogP contribution is -2.08. The van der Waals surface area contributed by atoms with Crippen molar-refractivity contribution in [3.8, 4) is 11.1 Å². The highest BCUT2D eigenvalue weighted by Gasteiger charge is 2.33. The second-order valence-corrected chi connectivity index (χ2v) is 4.37. The zero-order chi connectivity index (χ0) is 14.9. The highest BCUT2D eigenvalue weighted by Crippen LogP contribution is 2.35. The lowest BCUT2D eigenvalue weighted by Gasteiger charge is -2.13. The van der Waals surface area contributed by atoms with Gasteiger partial charge >= 0.3 is 6.18 Å². The second kappa shape index (κ2) is 5.40. The third-order valence-electron chi connectivity index (χ3n) is 2.82. The molecule has 0 atom stereocenters. The van der Waals surface area contributed by atoms with Crippen LogP contribution < -0.4 is 0 Å². The van der Waals surface area contributed by atoms with Gasteiger partial charge in [-0.3, -0.25) is 0 Å². The van der Waals surface area contributed by atoms with Crippen LogP contribution in [0.25, 0.3) is 11.1 Å². The van der Waals surface area contributed by atoms with Crippen LogP contribution in [-0.4, -0.2) is 0 Å². The fourth-order valence-corrected chi connectivity index (χ4v) is 2.10. The van der Waals surface area contributed by atoms with Crippen molar-refractivity contribution in [2.75, 3.05) is 0 Å². The first-order chi connectivity index (χ1) is 9.34. The van der Waals surface area contributed by atoms with Gasteiger partial charge < -0.3 is 0 Å². The SMILES string of the molecule is Fc1cccc(-c2ccc(C(F)(F)F)c(CCl)c2)c1F. The molecular formula is C14H8ClF5. The Bertz CT molecular complexity index is 634. The molecule has 0 aliphatic carbocycles. The molecule has 0 heterocycles. The fourth-order valence-electron chi connectivity index (χ4n) is 1.88. The number of halogens is 6. The first-order valence-corrected chi connectivity index (χ1v) is 6.08. The van der Waals surface area contributed by atoms with Gasteiger partial charge in [-0.25, -0.2) is 8.78 Å². The molecule has 106 valence electrons. The van der Waals surface area contributed by atoms with E-state index in [-0.39, 0.29) is 22.6 Å². The molecule has 0 amide bonds. The summed E-state index contributed by atoms with van der Waals surface area (Å²) in [6, 6.07) is 6.54. The molecule has 0 aliphatic rings. The summed E-state index contributed by atoms with van der Waals surface area (Å²) in [5.41, 5.74) is -1.02. The van der Waals surface area contributed by atoms with Crippen LogP contribution >= 0.6 is 11.6 Å². The van der Waals surface area contributed by atoms with E-state index in [9.17, 15) is 22.0 Å². The Morgan fingerprint density at radius 1 is 1.00 bits per heavy atom. The smallest absolute Gasteiger partial charge is 0.204 e. The Hall–Kier alpha value is -1.62. The van der Waals surface area contributed by atoms with Crippen molar-refractivity contribution in [1.82, 2.24) is 0 Å². The minimum absolute atomic E-state index is 0.106. The largest absolute Gasteiger partial charge is 0.416 e. The molecule has 20 heavy (non-hydrogen) atoms. The fraction of sp³-hybridized carbons (Fsp3) is 0.143. The average Bonchev–Trinajstić information content (AvgIpc) is 2.40. The molecular weight excluding hydrogens is 299 g/mol. The van der Waals surface area contributed by atoms with Crippen molar-refractivity contribution in [2.45, 2.75) is 12.1 Å². The van der Waals surface area contributed by atoms with E-state index in [0.29, 0.717) is 0 Å². The molecule has 2 rings (SSSR count). The van der Waals surface area contributed by atoms with Gasteiger partial charge in [-0.15, -0.1) is 11.6 Å². The summed E-state index contributed by atoms with van der Waals surface area (Å²) in [6.45, 7) is 0. The van der Waals surface area contributed by atoms with Crippen molar-refractivity contribution in [3.05, 3.63) is 59.2 Å². The van der Waals surface area contributed by atoms with Gasteiger partial charge in [0, 0.05) is 11.4 Å². The van der Waals surface area contributed by atoms with E-state index in [2.05, 4.69) is 0 Å². The predicted octanol–water partition coefficient (Wildman–Crippen LogP) is 5.39. The van der Waals surface area contributed by atoms with Crippen LogP contribution in [0.3, 0.4) is 0 Å². The zero-order valence-electron chi connectivity index (χ0n) is 9.94. The summed E-state index contributed by atoms with van der Waals surface area (Å²) in [5, 5.41) is 0. The van der Waals surface area contributed by atoms with E-state index in [1.807, 2.05) is 0 Å².